The van der Waals surface area contributed by atoms with Crippen LogP contribution >= 0.6 is 11.6 Å². The van der Waals surface area contributed by atoms with E-state index in [9.17, 15) is 4.39 Å². The SMILES string of the molecule is CNc1cc(-c2cccnc2Nc2c(C)ccc3c(Nc4ccc(F)c(Cl)c4)nccc23)ncn1. The standard InChI is InChI=1S/C26H21ClFN7/c1-15-5-7-18-17(9-11-31-25(18)34-16-6-8-21(28)20(27)12-16)24(15)35-26-19(4-3-10-30-26)22-13-23(29-2)33-14-32-22/h3-14H,1-2H3,(H,30,35)(H,31,34)(H,29,32,33). The van der Waals surface area contributed by atoms with Crippen LogP contribution in [-0.4, -0.2) is 27.0 Å². The maximum Gasteiger partial charge on any atom is 0.141 e. The van der Waals surface area contributed by atoms with Gasteiger partial charge in [-0.3, -0.25) is 0 Å². The second-order valence-electron chi connectivity index (χ2n) is 7.83. The number of anilines is 5. The molecule has 0 radical (unpaired) electrons. The molecule has 3 aromatic heterocycles. The Bertz CT molecular complexity index is 1540. The quantitative estimate of drug-likeness (QED) is 0.246. The van der Waals surface area contributed by atoms with Gasteiger partial charge in [0.15, 0.2) is 0 Å². The van der Waals surface area contributed by atoms with E-state index in [1.165, 1.54) is 18.5 Å². The van der Waals surface area contributed by atoms with Crippen molar-refractivity contribution in [3.63, 3.8) is 0 Å². The number of pyridine rings is 2. The molecule has 0 bridgehead atoms. The molecule has 0 unspecified atom stereocenters. The van der Waals surface area contributed by atoms with E-state index in [1.54, 1.807) is 18.5 Å². The summed E-state index contributed by atoms with van der Waals surface area (Å²) in [6, 6.07) is 16.1. The molecule has 0 saturated heterocycles. The number of aromatic nitrogens is 4. The van der Waals surface area contributed by atoms with Crippen molar-refractivity contribution in [1.29, 1.82) is 0 Å². The van der Waals surface area contributed by atoms with Gasteiger partial charge in [-0.15, -0.1) is 0 Å². The minimum absolute atomic E-state index is 0.0438. The van der Waals surface area contributed by atoms with E-state index >= 15 is 0 Å². The fraction of sp³-hybridized carbons (Fsp3) is 0.0769. The van der Waals surface area contributed by atoms with Crippen LogP contribution in [0.15, 0.2) is 73.3 Å². The predicted molar refractivity (Wildman–Crippen MR) is 139 cm³/mol. The summed E-state index contributed by atoms with van der Waals surface area (Å²) in [5.74, 6) is 1.54. The molecule has 5 aromatic rings. The van der Waals surface area contributed by atoms with E-state index in [4.69, 9.17) is 11.6 Å². The number of hydrogen-bond donors (Lipinski definition) is 3. The second-order valence-corrected chi connectivity index (χ2v) is 8.24. The van der Waals surface area contributed by atoms with Gasteiger partial charge in [-0.1, -0.05) is 23.7 Å². The molecule has 2 aromatic carbocycles. The summed E-state index contributed by atoms with van der Waals surface area (Å²) < 4.78 is 13.6. The van der Waals surface area contributed by atoms with Crippen LogP contribution in [0.2, 0.25) is 5.02 Å². The largest absolute Gasteiger partial charge is 0.373 e. The van der Waals surface area contributed by atoms with Crippen molar-refractivity contribution in [3.05, 3.63) is 89.7 Å². The van der Waals surface area contributed by atoms with Gasteiger partial charge in [-0.05, 0) is 48.9 Å². The van der Waals surface area contributed by atoms with Crippen molar-refractivity contribution < 1.29 is 4.39 Å². The van der Waals surface area contributed by atoms with Crippen molar-refractivity contribution in [2.45, 2.75) is 6.92 Å². The molecule has 0 aliphatic heterocycles. The monoisotopic (exact) mass is 485 g/mol. The van der Waals surface area contributed by atoms with E-state index in [0.717, 1.165) is 33.3 Å². The van der Waals surface area contributed by atoms with Crippen molar-refractivity contribution in [3.8, 4) is 11.3 Å². The molecule has 0 saturated carbocycles. The highest BCUT2D eigenvalue weighted by atomic mass is 35.5. The Labute approximate surface area is 206 Å². The number of rotatable bonds is 6. The molecule has 5 rings (SSSR count). The van der Waals surface area contributed by atoms with Gasteiger partial charge in [0, 0.05) is 47.5 Å². The van der Waals surface area contributed by atoms with E-state index in [-0.39, 0.29) is 5.02 Å². The summed E-state index contributed by atoms with van der Waals surface area (Å²) in [5.41, 5.74) is 4.16. The Hall–Kier alpha value is -4.30. The molecule has 0 amide bonds. The summed E-state index contributed by atoms with van der Waals surface area (Å²) in [5, 5.41) is 11.7. The normalized spacial score (nSPS) is 10.9. The van der Waals surface area contributed by atoms with Gasteiger partial charge in [0.25, 0.3) is 0 Å². The highest BCUT2D eigenvalue weighted by Gasteiger charge is 2.14. The van der Waals surface area contributed by atoms with E-state index in [2.05, 4.69) is 35.9 Å². The third kappa shape index (κ3) is 4.56. The Balaban J connectivity index is 1.56. The van der Waals surface area contributed by atoms with Crippen molar-refractivity contribution in [1.82, 2.24) is 19.9 Å². The molecular weight excluding hydrogens is 465 g/mol. The van der Waals surface area contributed by atoms with Gasteiger partial charge in [-0.2, -0.15) is 0 Å². The average Bonchev–Trinajstić information content (AvgIpc) is 2.88. The maximum atomic E-state index is 13.6. The summed E-state index contributed by atoms with van der Waals surface area (Å²) in [7, 11) is 1.81. The number of aryl methyl sites for hydroxylation is 1. The van der Waals surface area contributed by atoms with Crippen LogP contribution in [0.25, 0.3) is 22.0 Å². The average molecular weight is 486 g/mol. The molecule has 9 heteroatoms. The molecule has 0 atom stereocenters. The summed E-state index contributed by atoms with van der Waals surface area (Å²) in [6.07, 6.45) is 4.98. The molecule has 174 valence electrons. The first-order chi connectivity index (χ1) is 17.0. The number of benzene rings is 2. The zero-order valence-electron chi connectivity index (χ0n) is 19.0. The lowest BCUT2D eigenvalue weighted by atomic mass is 10.0. The molecule has 0 aliphatic carbocycles. The van der Waals surface area contributed by atoms with Crippen LogP contribution in [0, 0.1) is 12.7 Å². The van der Waals surface area contributed by atoms with Crippen molar-refractivity contribution >= 4 is 51.2 Å². The van der Waals surface area contributed by atoms with Gasteiger partial charge in [-0.25, -0.2) is 24.3 Å². The fourth-order valence-electron chi connectivity index (χ4n) is 3.81. The maximum absolute atomic E-state index is 13.6. The van der Waals surface area contributed by atoms with Gasteiger partial charge in [0.1, 0.15) is 29.6 Å². The minimum atomic E-state index is -0.470. The Morgan fingerprint density at radius 1 is 0.829 bits per heavy atom. The zero-order valence-corrected chi connectivity index (χ0v) is 19.7. The highest BCUT2D eigenvalue weighted by Crippen LogP contribution is 2.36. The van der Waals surface area contributed by atoms with Gasteiger partial charge in [0.2, 0.25) is 0 Å². The summed E-state index contributed by atoms with van der Waals surface area (Å²) in [4.78, 5) is 17.7. The zero-order chi connectivity index (χ0) is 24.4. The van der Waals surface area contributed by atoms with E-state index in [1.807, 2.05) is 50.4 Å². The van der Waals surface area contributed by atoms with Crippen molar-refractivity contribution in [2.75, 3.05) is 23.0 Å². The van der Waals surface area contributed by atoms with E-state index in [0.29, 0.717) is 23.1 Å². The Kier molecular flexibility index (Phi) is 6.12. The molecular formula is C26H21ClFN7. The molecule has 0 fully saturated rings. The van der Waals surface area contributed by atoms with Crippen LogP contribution in [0.4, 0.5) is 33.2 Å². The molecule has 35 heavy (non-hydrogen) atoms. The first kappa shape index (κ1) is 22.5. The van der Waals surface area contributed by atoms with Crippen molar-refractivity contribution in [2.24, 2.45) is 0 Å². The molecule has 0 aliphatic rings. The Morgan fingerprint density at radius 2 is 1.69 bits per heavy atom. The number of halogens is 2. The molecule has 3 heterocycles. The molecule has 3 N–H and O–H groups in total. The van der Waals surface area contributed by atoms with E-state index < -0.39 is 5.82 Å². The smallest absolute Gasteiger partial charge is 0.141 e. The number of nitrogens with zero attached hydrogens (tertiary/aromatic N) is 4. The summed E-state index contributed by atoms with van der Waals surface area (Å²) >= 11 is 5.95. The number of hydrogen-bond acceptors (Lipinski definition) is 7. The first-order valence-corrected chi connectivity index (χ1v) is 11.2. The van der Waals surface area contributed by atoms with Gasteiger partial charge in [0.05, 0.1) is 16.4 Å². The summed E-state index contributed by atoms with van der Waals surface area (Å²) in [6.45, 7) is 2.03. The predicted octanol–water partition coefficient (Wildman–Crippen LogP) is 6.72. The lowest BCUT2D eigenvalue weighted by Crippen LogP contribution is -2.02. The third-order valence-electron chi connectivity index (χ3n) is 5.59. The first-order valence-electron chi connectivity index (χ1n) is 10.9. The number of nitrogens with one attached hydrogen (secondary N) is 3. The lowest BCUT2D eigenvalue weighted by molar-refractivity contribution is 0.628. The van der Waals surface area contributed by atoms with Crippen LogP contribution in [0.3, 0.4) is 0 Å². The third-order valence-corrected chi connectivity index (χ3v) is 5.88. The lowest BCUT2D eigenvalue weighted by Gasteiger charge is -2.17. The fourth-order valence-corrected chi connectivity index (χ4v) is 3.99. The Morgan fingerprint density at radius 3 is 2.51 bits per heavy atom. The molecule has 0 spiro atoms. The van der Waals surface area contributed by atoms with Gasteiger partial charge >= 0.3 is 0 Å². The van der Waals surface area contributed by atoms with Crippen LogP contribution in [0.5, 0.6) is 0 Å². The topological polar surface area (TPSA) is 87.7 Å². The highest BCUT2D eigenvalue weighted by molar-refractivity contribution is 6.31. The minimum Gasteiger partial charge on any atom is -0.373 e. The number of fused-ring (bicyclic) bond motifs is 1. The second kappa shape index (κ2) is 9.52. The molecule has 7 nitrogen and oxygen atoms in total. The van der Waals surface area contributed by atoms with Crippen LogP contribution in [-0.2, 0) is 0 Å². The van der Waals surface area contributed by atoms with Crippen LogP contribution in [0.1, 0.15) is 5.56 Å². The van der Waals surface area contributed by atoms with Gasteiger partial charge < -0.3 is 16.0 Å². The van der Waals surface area contributed by atoms with Crippen LogP contribution < -0.4 is 16.0 Å².